The lowest BCUT2D eigenvalue weighted by molar-refractivity contribution is -0.139. The van der Waals surface area contributed by atoms with Crippen molar-refractivity contribution < 1.29 is 9.59 Å². The van der Waals surface area contributed by atoms with Gasteiger partial charge in [-0.25, -0.2) is 0 Å². The summed E-state index contributed by atoms with van der Waals surface area (Å²) in [6, 6.07) is 7.54. The molecule has 0 aliphatic carbocycles. The van der Waals surface area contributed by atoms with Gasteiger partial charge in [-0.3, -0.25) is 9.59 Å². The molecule has 0 radical (unpaired) electrons. The molecule has 20 heavy (non-hydrogen) atoms. The minimum Gasteiger partial charge on any atom is -0.368 e. The van der Waals surface area contributed by atoms with E-state index in [1.165, 1.54) is 5.56 Å². The number of primary amides is 1. The number of amides is 2. The highest BCUT2D eigenvalue weighted by atomic mass is 32.2. The third kappa shape index (κ3) is 2.41. The van der Waals surface area contributed by atoms with Gasteiger partial charge in [0.25, 0.3) is 0 Å². The zero-order valence-corrected chi connectivity index (χ0v) is 11.9. The summed E-state index contributed by atoms with van der Waals surface area (Å²) in [7, 11) is 0. The maximum Gasteiger partial charge on any atom is 0.241 e. The molecule has 2 atom stereocenters. The van der Waals surface area contributed by atoms with Crippen molar-refractivity contribution in [2.24, 2.45) is 5.73 Å². The second kappa shape index (κ2) is 5.46. The van der Waals surface area contributed by atoms with Crippen LogP contribution in [0.5, 0.6) is 0 Å². The van der Waals surface area contributed by atoms with E-state index in [0.29, 0.717) is 19.6 Å². The van der Waals surface area contributed by atoms with Crippen LogP contribution in [0, 0.1) is 0 Å². The van der Waals surface area contributed by atoms with E-state index in [9.17, 15) is 9.59 Å². The lowest BCUT2D eigenvalue weighted by atomic mass is 10.1. The Morgan fingerprint density at radius 2 is 2.15 bits per heavy atom. The number of piperazine rings is 1. The van der Waals surface area contributed by atoms with Crippen LogP contribution < -0.4 is 11.1 Å². The summed E-state index contributed by atoms with van der Waals surface area (Å²) in [6.07, 6.45) is 0.731. The minimum atomic E-state index is -0.527. The average molecular weight is 291 g/mol. The van der Waals surface area contributed by atoms with Crippen molar-refractivity contribution in [3.63, 3.8) is 0 Å². The Balaban J connectivity index is 1.75. The smallest absolute Gasteiger partial charge is 0.241 e. The summed E-state index contributed by atoms with van der Waals surface area (Å²) in [5, 5.41) is 2.98. The van der Waals surface area contributed by atoms with E-state index >= 15 is 0 Å². The first-order chi connectivity index (χ1) is 9.66. The van der Waals surface area contributed by atoms with Gasteiger partial charge < -0.3 is 16.0 Å². The normalized spacial score (nSPS) is 25.3. The van der Waals surface area contributed by atoms with Crippen LogP contribution in [0.15, 0.2) is 29.2 Å². The largest absolute Gasteiger partial charge is 0.368 e. The number of fused-ring (bicyclic) bond motifs is 1. The molecular formula is C14H17N3O2S. The summed E-state index contributed by atoms with van der Waals surface area (Å²) < 4.78 is 0. The predicted molar refractivity (Wildman–Crippen MR) is 77.4 cm³/mol. The molecule has 2 aliphatic rings. The molecule has 2 unspecified atom stereocenters. The fraction of sp³-hybridized carbons (Fsp3) is 0.429. The van der Waals surface area contributed by atoms with E-state index in [0.717, 1.165) is 11.3 Å². The Morgan fingerprint density at radius 3 is 2.90 bits per heavy atom. The first kappa shape index (κ1) is 13.5. The number of hydrogen-bond acceptors (Lipinski definition) is 4. The molecule has 0 bridgehead atoms. The van der Waals surface area contributed by atoms with Gasteiger partial charge in [0.15, 0.2) is 0 Å². The number of hydrogen-bond donors (Lipinski definition) is 2. The van der Waals surface area contributed by atoms with Crippen LogP contribution in [0.25, 0.3) is 0 Å². The number of carbonyl (C=O) groups excluding carboxylic acids is 2. The molecule has 2 heterocycles. The molecule has 1 saturated heterocycles. The van der Waals surface area contributed by atoms with Crippen LogP contribution in [0.2, 0.25) is 0 Å². The van der Waals surface area contributed by atoms with Crippen LogP contribution in [0.3, 0.4) is 0 Å². The standard InChI is InChI=1S/C14H17N3O2S/c15-13(18)10-8-16-5-6-17(10)14(19)12-7-9-3-1-2-4-11(9)20-12/h1-4,10,12,16H,5-8H2,(H2,15,18). The van der Waals surface area contributed by atoms with Gasteiger partial charge in [-0.2, -0.15) is 0 Å². The summed E-state index contributed by atoms with van der Waals surface area (Å²) >= 11 is 1.59. The highest BCUT2D eigenvalue weighted by Gasteiger charge is 2.37. The van der Waals surface area contributed by atoms with Crippen LogP contribution in [-0.2, 0) is 16.0 Å². The maximum atomic E-state index is 12.7. The molecule has 3 rings (SSSR count). The van der Waals surface area contributed by atoms with Gasteiger partial charge in [0.05, 0.1) is 5.25 Å². The van der Waals surface area contributed by atoms with Crippen molar-refractivity contribution >= 4 is 23.6 Å². The molecule has 106 valence electrons. The molecule has 6 heteroatoms. The zero-order valence-electron chi connectivity index (χ0n) is 11.0. The van der Waals surface area contributed by atoms with Gasteiger partial charge in [0.1, 0.15) is 6.04 Å². The molecule has 2 amide bonds. The van der Waals surface area contributed by atoms with Gasteiger partial charge in [-0.1, -0.05) is 18.2 Å². The maximum absolute atomic E-state index is 12.7. The van der Waals surface area contributed by atoms with Crippen molar-refractivity contribution in [1.29, 1.82) is 0 Å². The summed E-state index contributed by atoms with van der Waals surface area (Å²) in [5.41, 5.74) is 6.61. The van der Waals surface area contributed by atoms with E-state index in [1.807, 2.05) is 18.2 Å². The van der Waals surface area contributed by atoms with Gasteiger partial charge >= 0.3 is 0 Å². The van der Waals surface area contributed by atoms with Crippen molar-refractivity contribution in [3.05, 3.63) is 29.8 Å². The summed E-state index contributed by atoms with van der Waals surface area (Å²) in [6.45, 7) is 1.70. The minimum absolute atomic E-state index is 0.0245. The number of thioether (sulfide) groups is 1. The van der Waals surface area contributed by atoms with Crippen LogP contribution >= 0.6 is 11.8 Å². The Labute approximate surface area is 121 Å². The van der Waals surface area contributed by atoms with Crippen molar-refractivity contribution in [3.8, 4) is 0 Å². The van der Waals surface area contributed by atoms with Crippen LogP contribution in [0.1, 0.15) is 5.56 Å². The molecule has 1 aromatic carbocycles. The number of rotatable bonds is 2. The van der Waals surface area contributed by atoms with Crippen LogP contribution in [0.4, 0.5) is 0 Å². The quantitative estimate of drug-likeness (QED) is 0.803. The van der Waals surface area contributed by atoms with E-state index in [-0.39, 0.29) is 11.2 Å². The molecule has 1 aromatic rings. The van der Waals surface area contributed by atoms with E-state index < -0.39 is 11.9 Å². The Bertz CT molecular complexity index is 524. The van der Waals surface area contributed by atoms with Gasteiger partial charge in [0, 0.05) is 24.5 Å². The third-order valence-corrected chi connectivity index (χ3v) is 5.08. The molecule has 1 fully saturated rings. The van der Waals surface area contributed by atoms with Crippen molar-refractivity contribution in [2.45, 2.75) is 22.6 Å². The van der Waals surface area contributed by atoms with Crippen molar-refractivity contribution in [1.82, 2.24) is 10.2 Å². The lowest BCUT2D eigenvalue weighted by Gasteiger charge is -2.35. The van der Waals surface area contributed by atoms with E-state index in [4.69, 9.17) is 5.73 Å². The fourth-order valence-corrected chi connectivity index (χ4v) is 3.99. The Kier molecular flexibility index (Phi) is 3.67. The number of nitrogens with two attached hydrogens (primary N) is 1. The first-order valence-corrected chi connectivity index (χ1v) is 7.60. The molecular weight excluding hydrogens is 274 g/mol. The van der Waals surface area contributed by atoms with Gasteiger partial charge in [-0.15, -0.1) is 11.8 Å². The first-order valence-electron chi connectivity index (χ1n) is 6.72. The Morgan fingerprint density at radius 1 is 1.35 bits per heavy atom. The molecule has 0 spiro atoms. The predicted octanol–water partition coefficient (Wildman–Crippen LogP) is -0.0109. The topological polar surface area (TPSA) is 75.4 Å². The molecule has 3 N–H and O–H groups in total. The third-order valence-electron chi connectivity index (χ3n) is 3.78. The fourth-order valence-electron chi connectivity index (χ4n) is 2.73. The number of benzene rings is 1. The average Bonchev–Trinajstić information content (AvgIpc) is 2.90. The highest BCUT2D eigenvalue weighted by Crippen LogP contribution is 2.37. The van der Waals surface area contributed by atoms with Gasteiger partial charge in [-0.05, 0) is 18.1 Å². The summed E-state index contributed by atoms with van der Waals surface area (Å²) in [5.74, 6) is -0.414. The Hall–Kier alpha value is -1.53. The molecule has 0 aromatic heterocycles. The lowest BCUT2D eigenvalue weighted by Crippen LogP contribution is -2.60. The molecule has 0 saturated carbocycles. The number of carbonyl (C=O) groups is 2. The second-order valence-electron chi connectivity index (χ2n) is 5.07. The number of nitrogens with one attached hydrogen (secondary N) is 1. The van der Waals surface area contributed by atoms with Gasteiger partial charge in [0.2, 0.25) is 11.8 Å². The molecule has 2 aliphatic heterocycles. The van der Waals surface area contributed by atoms with E-state index in [2.05, 4.69) is 11.4 Å². The zero-order chi connectivity index (χ0) is 14.1. The molecule has 5 nitrogen and oxygen atoms in total. The SMILES string of the molecule is NC(=O)C1CNCCN1C(=O)C1Cc2ccccc2S1. The summed E-state index contributed by atoms with van der Waals surface area (Å²) in [4.78, 5) is 26.9. The second-order valence-corrected chi connectivity index (χ2v) is 6.32. The van der Waals surface area contributed by atoms with E-state index in [1.54, 1.807) is 16.7 Å². The highest BCUT2D eigenvalue weighted by molar-refractivity contribution is 8.01. The number of nitrogens with zero attached hydrogens (tertiary/aromatic N) is 1. The van der Waals surface area contributed by atoms with Crippen LogP contribution in [-0.4, -0.2) is 47.6 Å². The monoisotopic (exact) mass is 291 g/mol. The van der Waals surface area contributed by atoms with Crippen molar-refractivity contribution in [2.75, 3.05) is 19.6 Å².